The number of aromatic nitrogens is 1. The Morgan fingerprint density at radius 3 is 2.48 bits per heavy atom. The van der Waals surface area contributed by atoms with Gasteiger partial charge in [0.05, 0.1) is 20.4 Å². The molecule has 1 aromatic heterocycles. The zero-order chi connectivity index (χ0) is 19.4. The molecule has 0 bridgehead atoms. The maximum Gasteiger partial charge on any atom is 0.252 e. The quantitative estimate of drug-likeness (QED) is 0.710. The summed E-state index contributed by atoms with van der Waals surface area (Å²) in [5, 5.41) is 2.82. The van der Waals surface area contributed by atoms with Gasteiger partial charge in [-0.2, -0.15) is 0 Å². The van der Waals surface area contributed by atoms with E-state index >= 15 is 0 Å². The second kappa shape index (κ2) is 7.90. The van der Waals surface area contributed by atoms with Crippen LogP contribution in [-0.2, 0) is 0 Å². The molecule has 1 amide bonds. The predicted octanol–water partition coefficient (Wildman–Crippen LogP) is 3.99. The molecule has 0 aliphatic carbocycles. The summed E-state index contributed by atoms with van der Waals surface area (Å²) < 4.78 is 29.1. The molecule has 0 fully saturated rings. The summed E-state index contributed by atoms with van der Waals surface area (Å²) in [5.74, 6) is 1.23. The first-order valence-electron chi connectivity index (χ1n) is 8.26. The fourth-order valence-electron chi connectivity index (χ4n) is 2.55. The van der Waals surface area contributed by atoms with Gasteiger partial charge in [-0.3, -0.25) is 4.79 Å². The molecule has 0 spiro atoms. The van der Waals surface area contributed by atoms with Crippen LogP contribution in [-0.4, -0.2) is 25.1 Å². The van der Waals surface area contributed by atoms with Crippen molar-refractivity contribution in [1.82, 2.24) is 10.3 Å². The Balaban J connectivity index is 1.72. The van der Waals surface area contributed by atoms with Crippen molar-refractivity contribution in [3.05, 3.63) is 65.9 Å². The zero-order valence-corrected chi connectivity index (χ0v) is 15.2. The van der Waals surface area contributed by atoms with Crippen molar-refractivity contribution in [1.29, 1.82) is 0 Å². The van der Waals surface area contributed by atoms with Crippen LogP contribution in [0.15, 0.2) is 53.1 Å². The number of halogens is 1. The highest BCUT2D eigenvalue weighted by molar-refractivity contribution is 5.95. The number of ether oxygens (including phenoxy) is 2. The highest BCUT2D eigenvalue weighted by atomic mass is 19.1. The molecule has 140 valence electrons. The Labute approximate surface area is 155 Å². The minimum Gasteiger partial charge on any atom is -0.493 e. The summed E-state index contributed by atoms with van der Waals surface area (Å²) in [4.78, 5) is 16.7. The number of amides is 1. The van der Waals surface area contributed by atoms with E-state index in [0.717, 1.165) is 0 Å². The molecular weight excluding hydrogens is 351 g/mol. The molecule has 0 aliphatic rings. The normalized spacial score (nSPS) is 11.7. The van der Waals surface area contributed by atoms with E-state index < -0.39 is 6.04 Å². The molecule has 1 N–H and O–H groups in total. The standard InChI is InChI=1S/C20H19FN2O4/c1-12(20-22-11-18(27-20)13-4-7-15(21)8-5-13)23-19(24)14-6-9-16(25-2)17(10-14)26-3/h4-12H,1-3H3,(H,23,24). The lowest BCUT2D eigenvalue weighted by Gasteiger charge is -2.12. The van der Waals surface area contributed by atoms with Gasteiger partial charge in [-0.15, -0.1) is 0 Å². The first kappa shape index (κ1) is 18.4. The van der Waals surface area contributed by atoms with Crippen molar-refractivity contribution in [2.45, 2.75) is 13.0 Å². The minimum atomic E-state index is -0.459. The van der Waals surface area contributed by atoms with Gasteiger partial charge in [0.15, 0.2) is 17.3 Å². The summed E-state index contributed by atoms with van der Waals surface area (Å²) in [6, 6.07) is 10.3. The average molecular weight is 370 g/mol. The molecule has 1 unspecified atom stereocenters. The molecule has 7 heteroatoms. The van der Waals surface area contributed by atoms with E-state index in [9.17, 15) is 9.18 Å². The summed E-state index contributed by atoms with van der Waals surface area (Å²) in [6.07, 6.45) is 1.54. The van der Waals surface area contributed by atoms with Crippen LogP contribution in [0.1, 0.15) is 29.2 Å². The topological polar surface area (TPSA) is 73.6 Å². The number of hydrogen-bond acceptors (Lipinski definition) is 5. The van der Waals surface area contributed by atoms with Gasteiger partial charge in [0.1, 0.15) is 11.9 Å². The number of oxazole rings is 1. The van der Waals surface area contributed by atoms with Crippen molar-refractivity contribution < 1.29 is 23.1 Å². The van der Waals surface area contributed by atoms with E-state index in [1.165, 1.54) is 26.4 Å². The van der Waals surface area contributed by atoms with Crippen LogP contribution >= 0.6 is 0 Å². The van der Waals surface area contributed by atoms with Crippen LogP contribution in [0.3, 0.4) is 0 Å². The van der Waals surface area contributed by atoms with Crippen molar-refractivity contribution in [3.63, 3.8) is 0 Å². The lowest BCUT2D eigenvalue weighted by Crippen LogP contribution is -2.26. The fourth-order valence-corrected chi connectivity index (χ4v) is 2.55. The third kappa shape index (κ3) is 4.08. The van der Waals surface area contributed by atoms with E-state index in [1.807, 2.05) is 0 Å². The molecule has 1 atom stereocenters. The summed E-state index contributed by atoms with van der Waals surface area (Å²) in [5.41, 5.74) is 1.12. The van der Waals surface area contributed by atoms with Gasteiger partial charge in [-0.1, -0.05) is 0 Å². The first-order chi connectivity index (χ1) is 13.0. The Hall–Kier alpha value is -3.35. The molecule has 0 saturated heterocycles. The first-order valence-corrected chi connectivity index (χ1v) is 8.26. The second-order valence-corrected chi connectivity index (χ2v) is 5.83. The van der Waals surface area contributed by atoms with Gasteiger partial charge in [-0.05, 0) is 49.4 Å². The SMILES string of the molecule is COc1ccc(C(=O)NC(C)c2ncc(-c3ccc(F)cc3)o2)cc1OC. The Morgan fingerprint density at radius 1 is 1.11 bits per heavy atom. The van der Waals surface area contributed by atoms with Gasteiger partial charge >= 0.3 is 0 Å². The molecule has 0 saturated carbocycles. The molecule has 2 aromatic carbocycles. The largest absolute Gasteiger partial charge is 0.493 e. The highest BCUT2D eigenvalue weighted by Gasteiger charge is 2.18. The third-order valence-electron chi connectivity index (χ3n) is 4.02. The van der Waals surface area contributed by atoms with Crippen molar-refractivity contribution in [2.75, 3.05) is 14.2 Å². The Morgan fingerprint density at radius 2 is 1.81 bits per heavy atom. The Bertz CT molecular complexity index is 937. The van der Waals surface area contributed by atoms with Gasteiger partial charge < -0.3 is 19.2 Å². The van der Waals surface area contributed by atoms with Crippen molar-refractivity contribution in [2.24, 2.45) is 0 Å². The fraction of sp³-hybridized carbons (Fsp3) is 0.200. The van der Waals surface area contributed by atoms with E-state index in [0.29, 0.717) is 34.3 Å². The number of carbonyl (C=O) groups excluding carboxylic acids is 1. The molecule has 3 aromatic rings. The number of benzene rings is 2. The van der Waals surface area contributed by atoms with Crippen LogP contribution < -0.4 is 14.8 Å². The van der Waals surface area contributed by atoms with Crippen molar-refractivity contribution in [3.8, 4) is 22.8 Å². The van der Waals surface area contributed by atoms with Crippen LogP contribution in [0.4, 0.5) is 4.39 Å². The van der Waals surface area contributed by atoms with Crippen LogP contribution in [0.25, 0.3) is 11.3 Å². The van der Waals surface area contributed by atoms with Crippen molar-refractivity contribution >= 4 is 5.91 Å². The minimum absolute atomic E-state index is 0.301. The molecule has 0 aliphatic heterocycles. The maximum atomic E-state index is 13.0. The number of rotatable bonds is 6. The molecule has 27 heavy (non-hydrogen) atoms. The molecular formula is C20H19FN2O4. The lowest BCUT2D eigenvalue weighted by atomic mass is 10.1. The molecule has 3 rings (SSSR count). The van der Waals surface area contributed by atoms with Crippen LogP contribution in [0.2, 0.25) is 0 Å². The second-order valence-electron chi connectivity index (χ2n) is 5.83. The van der Waals surface area contributed by atoms with Crippen LogP contribution in [0, 0.1) is 5.82 Å². The van der Waals surface area contributed by atoms with Gasteiger partial charge in [-0.25, -0.2) is 9.37 Å². The van der Waals surface area contributed by atoms with Crippen LogP contribution in [0.5, 0.6) is 11.5 Å². The summed E-state index contributed by atoms with van der Waals surface area (Å²) in [6.45, 7) is 1.76. The number of nitrogens with zero attached hydrogens (tertiary/aromatic N) is 1. The predicted molar refractivity (Wildman–Crippen MR) is 97.3 cm³/mol. The monoisotopic (exact) mass is 370 g/mol. The van der Waals surface area contributed by atoms with Gasteiger partial charge in [0.25, 0.3) is 5.91 Å². The number of hydrogen-bond donors (Lipinski definition) is 1. The molecule has 0 radical (unpaired) electrons. The number of carbonyl (C=O) groups is 1. The summed E-state index contributed by atoms with van der Waals surface area (Å²) in [7, 11) is 3.03. The third-order valence-corrected chi connectivity index (χ3v) is 4.02. The number of nitrogens with one attached hydrogen (secondary N) is 1. The van der Waals surface area contributed by atoms with E-state index in [1.54, 1.807) is 43.5 Å². The maximum absolute atomic E-state index is 13.0. The Kier molecular flexibility index (Phi) is 5.40. The smallest absolute Gasteiger partial charge is 0.252 e. The lowest BCUT2D eigenvalue weighted by molar-refractivity contribution is 0.0934. The molecule has 6 nitrogen and oxygen atoms in total. The average Bonchev–Trinajstić information content (AvgIpc) is 3.18. The van der Waals surface area contributed by atoms with E-state index in [2.05, 4.69) is 10.3 Å². The van der Waals surface area contributed by atoms with Gasteiger partial charge in [0.2, 0.25) is 5.89 Å². The zero-order valence-electron chi connectivity index (χ0n) is 15.2. The number of methoxy groups -OCH3 is 2. The van der Waals surface area contributed by atoms with Gasteiger partial charge in [0, 0.05) is 11.1 Å². The van der Waals surface area contributed by atoms with E-state index in [-0.39, 0.29) is 11.7 Å². The summed E-state index contributed by atoms with van der Waals surface area (Å²) >= 11 is 0. The van der Waals surface area contributed by atoms with E-state index in [4.69, 9.17) is 13.9 Å². The molecule has 1 heterocycles. The highest BCUT2D eigenvalue weighted by Crippen LogP contribution is 2.28.